The van der Waals surface area contributed by atoms with Crippen molar-refractivity contribution >= 4 is 33.2 Å². The lowest BCUT2D eigenvalue weighted by atomic mass is 9.63. The molecule has 3 aliphatic heterocycles. The van der Waals surface area contributed by atoms with Crippen LogP contribution in [0.2, 0.25) is 5.02 Å². The Hall–Kier alpha value is -2.75. The fourth-order valence-electron chi connectivity index (χ4n) is 9.81. The fraction of sp³-hybridized carbons (Fsp3) is 0.667. The molecule has 12 nitrogen and oxygen atoms in total. The van der Waals surface area contributed by atoms with Crippen LogP contribution in [0.25, 0.3) is 0 Å². The number of allylic oxidation sites excluding steroid dienone is 1. The first-order chi connectivity index (χ1) is 28.4. The molecule has 1 N–H and O–H groups in total. The van der Waals surface area contributed by atoms with Crippen molar-refractivity contribution in [3.63, 3.8) is 0 Å². The highest BCUT2D eigenvalue weighted by Crippen LogP contribution is 2.47. The number of hydrogen-bond donors (Lipinski definition) is 1. The Kier molecular flexibility index (Phi) is 15.8. The standard InChI is InChI=1S/C45H67ClN4O8S/c1-8-9-33-22-37(46)12-13-39(33)36-25-50-24-35-10-14-40(35)45(57-7,30-48-18-20-49(21-19-48)38(27-54-4)28-55-5)17-16-31(2)32(3)43(29-56-6)59(52,53)47-44(51)34-11-15-42(58-26-36)41(50)23-34/h11-13,15-17,22-23,31-32,35-36,38,40,43H,8-10,14,18-21,24-30H2,1-7H3,(H,47,51)/b17-16+/t31-,32-,35-,36-,40+,43+,45-/m0/s1. The molecular weight excluding hydrogens is 792 g/mol. The van der Waals surface area contributed by atoms with E-state index >= 15 is 0 Å². The van der Waals surface area contributed by atoms with Crippen LogP contribution in [0.4, 0.5) is 5.69 Å². The SMILES string of the molecule is CCCc1cc(Cl)ccc1[C@@H]1COc2ccc3cc2N(C1)C[C@@H]1CC[C@H]1[C@](CN1CCN(C(COC)COC)CC1)(OC)/C=C/[C@H](C)[C@H](C)[C@@H](COC)S(=O)(=O)NC3=O. The second-order valence-electron chi connectivity index (χ2n) is 17.2. The maximum atomic E-state index is 14.1. The van der Waals surface area contributed by atoms with E-state index in [-0.39, 0.29) is 47.8 Å². The number of ether oxygens (including phenoxy) is 5. The second-order valence-corrected chi connectivity index (χ2v) is 19.6. The largest absolute Gasteiger partial charge is 0.491 e. The predicted octanol–water partition coefficient (Wildman–Crippen LogP) is 5.88. The topological polar surface area (TPSA) is 119 Å². The summed E-state index contributed by atoms with van der Waals surface area (Å²) in [5, 5.41) is -0.259. The molecule has 0 radical (unpaired) electrons. The first-order valence-corrected chi connectivity index (χ1v) is 23.3. The van der Waals surface area contributed by atoms with Crippen molar-refractivity contribution in [2.45, 2.75) is 69.3 Å². The third kappa shape index (κ3) is 10.5. The zero-order valence-electron chi connectivity index (χ0n) is 36.2. The van der Waals surface area contributed by atoms with E-state index in [4.69, 9.17) is 35.3 Å². The third-order valence-corrected chi connectivity index (χ3v) is 15.6. The Labute approximate surface area is 357 Å². The van der Waals surface area contributed by atoms with Gasteiger partial charge in [-0.2, -0.15) is 0 Å². The monoisotopic (exact) mass is 858 g/mol. The molecule has 7 atom stereocenters. The van der Waals surface area contributed by atoms with Crippen LogP contribution in [-0.2, 0) is 35.4 Å². The average molecular weight is 860 g/mol. The van der Waals surface area contributed by atoms with Crippen molar-refractivity contribution in [3.8, 4) is 5.75 Å². The number of nitrogens with one attached hydrogen (secondary N) is 1. The summed E-state index contributed by atoms with van der Waals surface area (Å²) in [6, 6.07) is 11.6. The highest BCUT2D eigenvalue weighted by Gasteiger charge is 2.49. The van der Waals surface area contributed by atoms with E-state index in [0.29, 0.717) is 38.7 Å². The minimum atomic E-state index is -4.16. The van der Waals surface area contributed by atoms with Gasteiger partial charge in [-0.05, 0) is 84.4 Å². The number of aryl methyl sites for hydroxylation is 1. The van der Waals surface area contributed by atoms with E-state index in [0.717, 1.165) is 69.1 Å². The third-order valence-electron chi connectivity index (χ3n) is 13.6. The van der Waals surface area contributed by atoms with E-state index in [1.165, 1.54) is 18.2 Å². The lowest BCUT2D eigenvalue weighted by Gasteiger charge is -2.52. The van der Waals surface area contributed by atoms with Gasteiger partial charge in [0.1, 0.15) is 16.6 Å². The molecule has 1 aliphatic carbocycles. The van der Waals surface area contributed by atoms with Crippen molar-refractivity contribution < 1.29 is 36.9 Å². The van der Waals surface area contributed by atoms with Crippen molar-refractivity contribution in [2.24, 2.45) is 23.7 Å². The molecule has 0 unspecified atom stereocenters. The van der Waals surface area contributed by atoms with Gasteiger partial charge in [0.2, 0.25) is 10.0 Å². The van der Waals surface area contributed by atoms with Crippen molar-refractivity contribution in [2.75, 3.05) is 106 Å². The van der Waals surface area contributed by atoms with Crippen LogP contribution in [0.1, 0.15) is 67.4 Å². The van der Waals surface area contributed by atoms with Gasteiger partial charge in [0, 0.05) is 90.8 Å². The van der Waals surface area contributed by atoms with Gasteiger partial charge in [0.15, 0.2) is 0 Å². The molecule has 2 fully saturated rings. The lowest BCUT2D eigenvalue weighted by Crippen LogP contribution is -2.60. The molecule has 4 aliphatic rings. The summed E-state index contributed by atoms with van der Waals surface area (Å²) >= 11 is 6.52. The maximum Gasteiger partial charge on any atom is 0.264 e. The number of benzene rings is 2. The lowest BCUT2D eigenvalue weighted by molar-refractivity contribution is -0.0979. The Bertz CT molecular complexity index is 1850. The number of fused-ring (bicyclic) bond motifs is 2. The van der Waals surface area contributed by atoms with Gasteiger partial charge >= 0.3 is 0 Å². The number of methoxy groups -OCH3 is 4. The van der Waals surface area contributed by atoms with E-state index in [1.807, 2.05) is 33.1 Å². The Balaban J connectivity index is 1.40. The molecule has 1 saturated carbocycles. The molecule has 3 heterocycles. The first kappa shape index (κ1) is 45.8. The summed E-state index contributed by atoms with van der Waals surface area (Å²) in [4.78, 5) is 21.2. The van der Waals surface area contributed by atoms with Gasteiger partial charge in [-0.25, -0.2) is 13.1 Å². The van der Waals surface area contributed by atoms with Crippen LogP contribution in [0.15, 0.2) is 48.6 Å². The smallest absolute Gasteiger partial charge is 0.264 e. The zero-order chi connectivity index (χ0) is 42.3. The quantitative estimate of drug-likeness (QED) is 0.244. The normalized spacial score (nSPS) is 29.8. The molecule has 0 spiro atoms. The molecule has 59 heavy (non-hydrogen) atoms. The Morgan fingerprint density at radius 2 is 1.71 bits per heavy atom. The number of nitrogens with zero attached hydrogens (tertiary/aromatic N) is 3. The molecule has 6 rings (SSSR count). The van der Waals surface area contributed by atoms with Crippen molar-refractivity contribution in [1.29, 1.82) is 0 Å². The number of hydrogen-bond acceptors (Lipinski definition) is 11. The van der Waals surface area contributed by atoms with Gasteiger partial charge in [0.25, 0.3) is 5.91 Å². The van der Waals surface area contributed by atoms with Crippen molar-refractivity contribution in [1.82, 2.24) is 14.5 Å². The highest BCUT2D eigenvalue weighted by molar-refractivity contribution is 7.90. The van der Waals surface area contributed by atoms with Gasteiger partial charge in [-0.15, -0.1) is 0 Å². The van der Waals surface area contributed by atoms with Crippen LogP contribution >= 0.6 is 11.6 Å². The van der Waals surface area contributed by atoms with Crippen LogP contribution in [0.5, 0.6) is 5.75 Å². The van der Waals surface area contributed by atoms with Crippen LogP contribution in [0, 0.1) is 23.7 Å². The summed E-state index contributed by atoms with van der Waals surface area (Å²) in [5.41, 5.74) is 2.84. The molecule has 14 heteroatoms. The van der Waals surface area contributed by atoms with E-state index in [2.05, 4.69) is 50.6 Å². The van der Waals surface area contributed by atoms with Crippen LogP contribution in [-0.4, -0.2) is 142 Å². The number of rotatable bonds is 13. The molecule has 1 amide bonds. The molecule has 2 aromatic rings. The van der Waals surface area contributed by atoms with Gasteiger partial charge in [0.05, 0.1) is 38.2 Å². The molecule has 2 aromatic carbocycles. The number of piperazine rings is 1. The number of halogens is 1. The first-order valence-electron chi connectivity index (χ1n) is 21.4. The summed E-state index contributed by atoms with van der Waals surface area (Å²) in [7, 11) is 2.64. The second kappa shape index (κ2) is 20.4. The van der Waals surface area contributed by atoms with Gasteiger partial charge in [-0.1, -0.05) is 57.0 Å². The summed E-state index contributed by atoms with van der Waals surface area (Å²) in [6.07, 6.45) is 8.31. The molecule has 1 saturated heterocycles. The molecule has 328 valence electrons. The van der Waals surface area contributed by atoms with Gasteiger partial charge in [-0.3, -0.25) is 14.6 Å². The van der Waals surface area contributed by atoms with Crippen LogP contribution < -0.4 is 14.4 Å². The fourth-order valence-corrected chi connectivity index (χ4v) is 11.7. The van der Waals surface area contributed by atoms with Gasteiger partial charge < -0.3 is 28.6 Å². The minimum absolute atomic E-state index is 0.0311. The predicted molar refractivity (Wildman–Crippen MR) is 233 cm³/mol. The number of carbonyl (C=O) groups excluding carboxylic acids is 1. The van der Waals surface area contributed by atoms with E-state index in [1.54, 1.807) is 26.4 Å². The minimum Gasteiger partial charge on any atom is -0.491 e. The summed E-state index contributed by atoms with van der Waals surface area (Å²) in [5.74, 6) is -0.0503. The molecular formula is C45H67ClN4O8S. The highest BCUT2D eigenvalue weighted by atomic mass is 35.5. The van der Waals surface area contributed by atoms with Crippen LogP contribution in [0.3, 0.4) is 0 Å². The Morgan fingerprint density at radius 3 is 2.36 bits per heavy atom. The number of carbonyl (C=O) groups is 1. The van der Waals surface area contributed by atoms with Crippen molar-refractivity contribution in [3.05, 3.63) is 70.3 Å². The number of sulfonamides is 1. The summed E-state index contributed by atoms with van der Waals surface area (Å²) in [6.45, 7) is 13.4. The molecule has 0 aromatic heterocycles. The van der Waals surface area contributed by atoms with E-state index in [9.17, 15) is 13.2 Å². The van der Waals surface area contributed by atoms with E-state index < -0.39 is 26.8 Å². The maximum absolute atomic E-state index is 14.1. The number of amides is 1. The number of anilines is 1. The zero-order valence-corrected chi connectivity index (χ0v) is 37.7. The summed E-state index contributed by atoms with van der Waals surface area (Å²) < 4.78 is 60.5. The average Bonchev–Trinajstić information content (AvgIpc) is 3.39. The Morgan fingerprint density at radius 1 is 0.966 bits per heavy atom. The molecule has 2 bridgehead atoms.